The summed E-state index contributed by atoms with van der Waals surface area (Å²) < 4.78 is 5.65. The Kier molecular flexibility index (Phi) is 1.89. The lowest BCUT2D eigenvalue weighted by Crippen LogP contribution is -2.25. The van der Waals surface area contributed by atoms with E-state index in [-0.39, 0.29) is 5.60 Å². The Bertz CT molecular complexity index is 294. The molecular weight excluding hydrogens is 168 g/mol. The van der Waals surface area contributed by atoms with Gasteiger partial charge in [-0.1, -0.05) is 30.0 Å². The molecular formula is C10H12OS. The topological polar surface area (TPSA) is 9.23 Å². The molecule has 0 bridgehead atoms. The Morgan fingerprint density at radius 3 is 2.83 bits per heavy atom. The highest BCUT2D eigenvalue weighted by atomic mass is 32.2. The molecule has 0 amide bonds. The molecule has 0 fully saturated rings. The van der Waals surface area contributed by atoms with Crippen LogP contribution < -0.4 is 0 Å². The van der Waals surface area contributed by atoms with Crippen molar-refractivity contribution in [1.29, 1.82) is 0 Å². The van der Waals surface area contributed by atoms with E-state index in [0.29, 0.717) is 0 Å². The van der Waals surface area contributed by atoms with E-state index in [9.17, 15) is 0 Å². The van der Waals surface area contributed by atoms with Crippen LogP contribution in [0.3, 0.4) is 0 Å². The second kappa shape index (κ2) is 2.79. The van der Waals surface area contributed by atoms with Gasteiger partial charge < -0.3 is 4.74 Å². The minimum Gasteiger partial charge on any atom is -0.360 e. The predicted molar refractivity (Wildman–Crippen MR) is 51.3 cm³/mol. The minimum atomic E-state index is -0.109. The standard InChI is InChI=1S/C10H12OS/c1-10(2)8-5-3-4-6-9(8)12-7-11-10/h3-6H,7H2,1-2H3. The van der Waals surface area contributed by atoms with E-state index in [1.54, 1.807) is 11.8 Å². The van der Waals surface area contributed by atoms with Crippen LogP contribution in [0.5, 0.6) is 0 Å². The van der Waals surface area contributed by atoms with Crippen molar-refractivity contribution in [3.63, 3.8) is 0 Å². The van der Waals surface area contributed by atoms with Crippen molar-refractivity contribution in [2.24, 2.45) is 0 Å². The van der Waals surface area contributed by atoms with Crippen LogP contribution in [0.1, 0.15) is 19.4 Å². The maximum absolute atomic E-state index is 5.65. The largest absolute Gasteiger partial charge is 0.360 e. The summed E-state index contributed by atoms with van der Waals surface area (Å²) >= 11 is 1.77. The average Bonchev–Trinajstić information content (AvgIpc) is 2.04. The quantitative estimate of drug-likeness (QED) is 0.607. The molecule has 0 radical (unpaired) electrons. The molecule has 1 heterocycles. The molecule has 0 atom stereocenters. The van der Waals surface area contributed by atoms with Gasteiger partial charge in [0.2, 0.25) is 0 Å². The highest BCUT2D eigenvalue weighted by Crippen LogP contribution is 2.38. The Balaban J connectivity index is 2.52. The van der Waals surface area contributed by atoms with Gasteiger partial charge in [0.25, 0.3) is 0 Å². The van der Waals surface area contributed by atoms with Gasteiger partial charge in [0.1, 0.15) is 0 Å². The van der Waals surface area contributed by atoms with Crippen molar-refractivity contribution in [2.45, 2.75) is 24.3 Å². The molecule has 0 aliphatic carbocycles. The third kappa shape index (κ3) is 1.25. The lowest BCUT2D eigenvalue weighted by molar-refractivity contribution is 0.00201. The number of fused-ring (bicyclic) bond motifs is 1. The zero-order valence-corrected chi connectivity index (χ0v) is 8.15. The number of benzene rings is 1. The van der Waals surface area contributed by atoms with Gasteiger partial charge in [-0.05, 0) is 25.5 Å². The molecule has 0 spiro atoms. The fourth-order valence-electron chi connectivity index (χ4n) is 1.41. The van der Waals surface area contributed by atoms with Gasteiger partial charge in [0.05, 0.1) is 11.5 Å². The first-order chi connectivity index (χ1) is 5.70. The summed E-state index contributed by atoms with van der Waals surface area (Å²) in [6, 6.07) is 8.44. The van der Waals surface area contributed by atoms with Gasteiger partial charge in [0, 0.05) is 4.90 Å². The second-order valence-electron chi connectivity index (χ2n) is 3.41. The van der Waals surface area contributed by atoms with Gasteiger partial charge in [-0.25, -0.2) is 0 Å². The van der Waals surface area contributed by atoms with Gasteiger partial charge in [-0.2, -0.15) is 0 Å². The molecule has 12 heavy (non-hydrogen) atoms. The highest BCUT2D eigenvalue weighted by molar-refractivity contribution is 7.99. The van der Waals surface area contributed by atoms with E-state index in [4.69, 9.17) is 4.74 Å². The third-order valence-corrected chi connectivity index (χ3v) is 3.07. The van der Waals surface area contributed by atoms with E-state index in [2.05, 4.69) is 38.1 Å². The van der Waals surface area contributed by atoms with Crippen LogP contribution in [0.2, 0.25) is 0 Å². The average molecular weight is 180 g/mol. The minimum absolute atomic E-state index is 0.109. The summed E-state index contributed by atoms with van der Waals surface area (Å²) in [4.78, 5) is 1.36. The first-order valence-corrected chi connectivity index (χ1v) is 5.05. The van der Waals surface area contributed by atoms with Crippen molar-refractivity contribution < 1.29 is 4.74 Å². The summed E-state index contributed by atoms with van der Waals surface area (Å²) in [6.07, 6.45) is 0. The van der Waals surface area contributed by atoms with E-state index in [0.717, 1.165) is 5.94 Å². The highest BCUT2D eigenvalue weighted by Gasteiger charge is 2.27. The number of hydrogen-bond donors (Lipinski definition) is 0. The maximum Gasteiger partial charge on any atom is 0.0979 e. The van der Waals surface area contributed by atoms with Crippen molar-refractivity contribution in [3.05, 3.63) is 29.8 Å². The van der Waals surface area contributed by atoms with Crippen LogP contribution in [-0.4, -0.2) is 5.94 Å². The normalized spacial score (nSPS) is 20.2. The zero-order valence-electron chi connectivity index (χ0n) is 7.33. The molecule has 2 rings (SSSR count). The molecule has 0 saturated carbocycles. The molecule has 0 unspecified atom stereocenters. The summed E-state index contributed by atoms with van der Waals surface area (Å²) in [7, 11) is 0. The molecule has 0 N–H and O–H groups in total. The van der Waals surface area contributed by atoms with E-state index in [1.807, 2.05) is 0 Å². The smallest absolute Gasteiger partial charge is 0.0979 e. The Morgan fingerprint density at radius 2 is 2.08 bits per heavy atom. The Labute approximate surface area is 77.1 Å². The monoisotopic (exact) mass is 180 g/mol. The van der Waals surface area contributed by atoms with Gasteiger partial charge in [-0.15, -0.1) is 0 Å². The van der Waals surface area contributed by atoms with Crippen LogP contribution in [0.4, 0.5) is 0 Å². The van der Waals surface area contributed by atoms with Crippen molar-refractivity contribution >= 4 is 11.8 Å². The van der Waals surface area contributed by atoms with Crippen LogP contribution in [-0.2, 0) is 10.3 Å². The summed E-state index contributed by atoms with van der Waals surface area (Å²) in [5.74, 6) is 0.768. The molecule has 0 aromatic heterocycles. The SMILES string of the molecule is CC1(C)OCSc2ccccc21. The molecule has 1 aliphatic heterocycles. The molecule has 1 nitrogen and oxygen atoms in total. The van der Waals surface area contributed by atoms with Gasteiger partial charge in [-0.3, -0.25) is 0 Å². The summed E-state index contributed by atoms with van der Waals surface area (Å²) in [5, 5.41) is 0. The van der Waals surface area contributed by atoms with Gasteiger partial charge >= 0.3 is 0 Å². The zero-order chi connectivity index (χ0) is 8.60. The van der Waals surface area contributed by atoms with Crippen molar-refractivity contribution in [1.82, 2.24) is 0 Å². The molecule has 0 saturated heterocycles. The third-order valence-electron chi connectivity index (χ3n) is 2.17. The molecule has 2 heteroatoms. The Morgan fingerprint density at radius 1 is 1.33 bits per heavy atom. The van der Waals surface area contributed by atoms with Crippen LogP contribution in [0.25, 0.3) is 0 Å². The lowest BCUT2D eigenvalue weighted by Gasteiger charge is -2.31. The second-order valence-corrected chi connectivity index (χ2v) is 4.38. The number of ether oxygens (including phenoxy) is 1. The summed E-state index contributed by atoms with van der Waals surface area (Å²) in [5.41, 5.74) is 1.20. The number of hydrogen-bond acceptors (Lipinski definition) is 2. The first kappa shape index (κ1) is 8.14. The van der Waals surface area contributed by atoms with Crippen molar-refractivity contribution in [2.75, 3.05) is 5.94 Å². The summed E-state index contributed by atoms with van der Waals surface area (Å²) in [6.45, 7) is 4.23. The van der Waals surface area contributed by atoms with Crippen molar-refractivity contribution in [3.8, 4) is 0 Å². The molecule has 1 aliphatic rings. The van der Waals surface area contributed by atoms with E-state index < -0.39 is 0 Å². The van der Waals surface area contributed by atoms with Crippen LogP contribution >= 0.6 is 11.8 Å². The number of thioether (sulfide) groups is 1. The maximum atomic E-state index is 5.65. The van der Waals surface area contributed by atoms with E-state index in [1.165, 1.54) is 10.5 Å². The fraction of sp³-hybridized carbons (Fsp3) is 0.400. The fourth-order valence-corrected chi connectivity index (χ4v) is 2.53. The number of rotatable bonds is 0. The Hall–Kier alpha value is -0.470. The predicted octanol–water partition coefficient (Wildman–Crippen LogP) is 3.00. The van der Waals surface area contributed by atoms with Gasteiger partial charge in [0.15, 0.2) is 0 Å². The van der Waals surface area contributed by atoms with Crippen LogP contribution in [0, 0.1) is 0 Å². The van der Waals surface area contributed by atoms with E-state index >= 15 is 0 Å². The van der Waals surface area contributed by atoms with Crippen LogP contribution in [0.15, 0.2) is 29.2 Å². The molecule has 1 aromatic carbocycles. The molecule has 1 aromatic rings. The lowest BCUT2D eigenvalue weighted by atomic mass is 9.98. The first-order valence-electron chi connectivity index (χ1n) is 4.06. The molecule has 64 valence electrons.